The minimum atomic E-state index is 0.334. The van der Waals surface area contributed by atoms with Gasteiger partial charge in [-0.3, -0.25) is 0 Å². The SMILES string of the molecule is CC(Cc1ccc(O)cc1)N(C)CC1CCCCO1. The third-order valence-corrected chi connectivity index (χ3v) is 3.99. The summed E-state index contributed by atoms with van der Waals surface area (Å²) >= 11 is 0. The molecule has 1 N–H and O–H groups in total. The number of rotatable bonds is 5. The second-order valence-electron chi connectivity index (χ2n) is 5.65. The van der Waals surface area contributed by atoms with Crippen LogP contribution < -0.4 is 0 Å². The van der Waals surface area contributed by atoms with Crippen molar-refractivity contribution in [1.29, 1.82) is 0 Å². The minimum absolute atomic E-state index is 0.334. The predicted octanol–water partition coefficient (Wildman–Crippen LogP) is 2.82. The van der Waals surface area contributed by atoms with Crippen molar-refractivity contribution in [3.63, 3.8) is 0 Å². The molecule has 0 saturated carbocycles. The number of nitrogens with zero attached hydrogens (tertiary/aromatic N) is 1. The fourth-order valence-electron chi connectivity index (χ4n) is 2.58. The zero-order valence-electron chi connectivity index (χ0n) is 12.0. The van der Waals surface area contributed by atoms with Crippen LogP contribution in [-0.4, -0.2) is 42.4 Å². The van der Waals surface area contributed by atoms with Crippen molar-refractivity contribution in [2.24, 2.45) is 0 Å². The molecule has 2 atom stereocenters. The van der Waals surface area contributed by atoms with Gasteiger partial charge in [-0.1, -0.05) is 12.1 Å². The van der Waals surface area contributed by atoms with Crippen molar-refractivity contribution in [1.82, 2.24) is 4.90 Å². The molecule has 1 heterocycles. The monoisotopic (exact) mass is 263 g/mol. The Morgan fingerprint density at radius 2 is 2.05 bits per heavy atom. The first-order chi connectivity index (χ1) is 9.15. The maximum absolute atomic E-state index is 9.29. The molecular weight excluding hydrogens is 238 g/mol. The number of likely N-dealkylation sites (N-methyl/N-ethyl adjacent to an activating group) is 1. The van der Waals surface area contributed by atoms with Gasteiger partial charge in [0, 0.05) is 19.2 Å². The van der Waals surface area contributed by atoms with Gasteiger partial charge in [-0.2, -0.15) is 0 Å². The molecule has 1 aliphatic heterocycles. The maximum atomic E-state index is 9.29. The van der Waals surface area contributed by atoms with E-state index in [1.54, 1.807) is 12.1 Å². The smallest absolute Gasteiger partial charge is 0.115 e. The van der Waals surface area contributed by atoms with E-state index in [1.807, 2.05) is 12.1 Å². The van der Waals surface area contributed by atoms with Gasteiger partial charge in [0.15, 0.2) is 0 Å². The molecule has 0 amide bonds. The van der Waals surface area contributed by atoms with Crippen LogP contribution >= 0.6 is 0 Å². The Morgan fingerprint density at radius 1 is 1.32 bits per heavy atom. The molecule has 1 fully saturated rings. The highest BCUT2D eigenvalue weighted by Gasteiger charge is 2.18. The topological polar surface area (TPSA) is 32.7 Å². The van der Waals surface area contributed by atoms with Gasteiger partial charge >= 0.3 is 0 Å². The van der Waals surface area contributed by atoms with Crippen LogP contribution in [0.3, 0.4) is 0 Å². The van der Waals surface area contributed by atoms with Crippen molar-refractivity contribution >= 4 is 0 Å². The third kappa shape index (κ3) is 4.51. The van der Waals surface area contributed by atoms with Crippen LogP contribution in [0.2, 0.25) is 0 Å². The molecule has 0 bridgehead atoms. The van der Waals surface area contributed by atoms with E-state index in [2.05, 4.69) is 18.9 Å². The van der Waals surface area contributed by atoms with E-state index in [9.17, 15) is 5.11 Å². The Bertz CT molecular complexity index is 371. The standard InChI is InChI=1S/C16H25NO2/c1-13(11-14-6-8-15(18)9-7-14)17(2)12-16-5-3-4-10-19-16/h6-9,13,16,18H,3-5,10-12H2,1-2H3. The van der Waals surface area contributed by atoms with Gasteiger partial charge in [0.2, 0.25) is 0 Å². The van der Waals surface area contributed by atoms with E-state index < -0.39 is 0 Å². The summed E-state index contributed by atoms with van der Waals surface area (Å²) in [5.41, 5.74) is 1.27. The second-order valence-corrected chi connectivity index (χ2v) is 5.65. The number of hydrogen-bond donors (Lipinski definition) is 1. The van der Waals surface area contributed by atoms with E-state index in [4.69, 9.17) is 4.74 Å². The first-order valence-corrected chi connectivity index (χ1v) is 7.25. The molecule has 1 aliphatic rings. The Balaban J connectivity index is 1.81. The highest BCUT2D eigenvalue weighted by atomic mass is 16.5. The van der Waals surface area contributed by atoms with Gasteiger partial charge in [-0.15, -0.1) is 0 Å². The van der Waals surface area contributed by atoms with Crippen LogP contribution in [0.5, 0.6) is 5.75 Å². The number of ether oxygens (including phenoxy) is 1. The molecule has 19 heavy (non-hydrogen) atoms. The van der Waals surface area contributed by atoms with Crippen molar-refractivity contribution in [3.05, 3.63) is 29.8 Å². The quantitative estimate of drug-likeness (QED) is 0.886. The average molecular weight is 263 g/mol. The van der Waals surface area contributed by atoms with Crippen LogP contribution in [0.4, 0.5) is 0 Å². The number of hydrogen-bond acceptors (Lipinski definition) is 3. The van der Waals surface area contributed by atoms with E-state index in [1.165, 1.54) is 24.8 Å². The number of phenols is 1. The lowest BCUT2D eigenvalue weighted by atomic mass is 10.0. The summed E-state index contributed by atoms with van der Waals surface area (Å²) in [6.07, 6.45) is 5.11. The lowest BCUT2D eigenvalue weighted by molar-refractivity contribution is -0.00693. The van der Waals surface area contributed by atoms with E-state index in [0.29, 0.717) is 17.9 Å². The highest BCUT2D eigenvalue weighted by molar-refractivity contribution is 5.26. The predicted molar refractivity (Wildman–Crippen MR) is 77.5 cm³/mol. The fourth-order valence-corrected chi connectivity index (χ4v) is 2.58. The maximum Gasteiger partial charge on any atom is 0.115 e. The van der Waals surface area contributed by atoms with Gasteiger partial charge in [0.1, 0.15) is 5.75 Å². The summed E-state index contributed by atoms with van der Waals surface area (Å²) in [4.78, 5) is 2.38. The largest absolute Gasteiger partial charge is 0.508 e. The lowest BCUT2D eigenvalue weighted by Gasteiger charge is -2.31. The van der Waals surface area contributed by atoms with Gasteiger partial charge in [-0.25, -0.2) is 0 Å². The van der Waals surface area contributed by atoms with Gasteiger partial charge in [-0.05, 0) is 57.4 Å². The summed E-state index contributed by atoms with van der Waals surface area (Å²) in [5.74, 6) is 0.334. The van der Waals surface area contributed by atoms with E-state index in [0.717, 1.165) is 19.6 Å². The molecule has 2 unspecified atom stereocenters. The first-order valence-electron chi connectivity index (χ1n) is 7.25. The van der Waals surface area contributed by atoms with Crippen LogP contribution in [0, 0.1) is 0 Å². The Hall–Kier alpha value is -1.06. The van der Waals surface area contributed by atoms with Crippen LogP contribution in [0.25, 0.3) is 0 Å². The highest BCUT2D eigenvalue weighted by Crippen LogP contribution is 2.16. The van der Waals surface area contributed by atoms with Crippen molar-refractivity contribution in [2.75, 3.05) is 20.2 Å². The molecule has 1 saturated heterocycles. The number of benzene rings is 1. The Morgan fingerprint density at radius 3 is 2.68 bits per heavy atom. The normalized spacial score (nSPS) is 21.5. The van der Waals surface area contributed by atoms with Gasteiger partial charge in [0.25, 0.3) is 0 Å². The number of aromatic hydroxyl groups is 1. The van der Waals surface area contributed by atoms with Crippen molar-refractivity contribution in [3.8, 4) is 5.75 Å². The molecule has 0 radical (unpaired) electrons. The molecule has 0 spiro atoms. The molecule has 106 valence electrons. The summed E-state index contributed by atoms with van der Waals surface area (Å²) in [5, 5.41) is 9.29. The van der Waals surface area contributed by atoms with Crippen molar-refractivity contribution in [2.45, 2.75) is 44.8 Å². The molecular formula is C16H25NO2. The summed E-state index contributed by atoms with van der Waals surface area (Å²) < 4.78 is 5.79. The number of phenolic OH excluding ortho intramolecular Hbond substituents is 1. The average Bonchev–Trinajstić information content (AvgIpc) is 2.42. The Kier molecular flexibility index (Phi) is 5.23. The molecule has 0 aromatic heterocycles. The molecule has 0 aliphatic carbocycles. The van der Waals surface area contributed by atoms with Crippen molar-refractivity contribution < 1.29 is 9.84 Å². The zero-order valence-corrected chi connectivity index (χ0v) is 12.0. The summed E-state index contributed by atoms with van der Waals surface area (Å²) in [7, 11) is 2.17. The fraction of sp³-hybridized carbons (Fsp3) is 0.625. The molecule has 3 heteroatoms. The third-order valence-electron chi connectivity index (χ3n) is 3.99. The van der Waals surface area contributed by atoms with Crippen LogP contribution in [-0.2, 0) is 11.2 Å². The van der Waals surface area contributed by atoms with Crippen LogP contribution in [0.1, 0.15) is 31.7 Å². The lowest BCUT2D eigenvalue weighted by Crippen LogP contribution is -2.39. The molecule has 1 aromatic carbocycles. The summed E-state index contributed by atoms with van der Waals surface area (Å²) in [6, 6.07) is 7.99. The van der Waals surface area contributed by atoms with E-state index in [-0.39, 0.29) is 0 Å². The van der Waals surface area contributed by atoms with Gasteiger partial charge < -0.3 is 14.7 Å². The van der Waals surface area contributed by atoms with Gasteiger partial charge in [0.05, 0.1) is 6.10 Å². The molecule has 2 rings (SSSR count). The minimum Gasteiger partial charge on any atom is -0.508 e. The molecule has 1 aromatic rings. The second kappa shape index (κ2) is 6.92. The Labute approximate surface area is 116 Å². The zero-order chi connectivity index (χ0) is 13.7. The molecule has 3 nitrogen and oxygen atoms in total. The van der Waals surface area contributed by atoms with E-state index >= 15 is 0 Å². The first kappa shape index (κ1) is 14.4. The van der Waals surface area contributed by atoms with Crippen LogP contribution in [0.15, 0.2) is 24.3 Å². The summed E-state index contributed by atoms with van der Waals surface area (Å²) in [6.45, 7) is 4.18.